The van der Waals surface area contributed by atoms with Gasteiger partial charge in [-0.25, -0.2) is 0 Å². The van der Waals surface area contributed by atoms with Gasteiger partial charge in [-0.15, -0.1) is 0 Å². The molecular weight excluding hydrogens is 266 g/mol. The second-order valence-corrected chi connectivity index (χ2v) is 5.92. The quantitative estimate of drug-likeness (QED) is 0.806. The van der Waals surface area contributed by atoms with Crippen LogP contribution >= 0.6 is 0 Å². The number of Topliss-reactive ketones (excluding diaryl/α,β-unsaturated/α-hetero) is 1. The first-order valence-corrected chi connectivity index (χ1v) is 7.61. The molecule has 4 nitrogen and oxygen atoms in total. The van der Waals surface area contributed by atoms with Gasteiger partial charge in [0.25, 0.3) is 0 Å². The third-order valence-electron chi connectivity index (χ3n) is 3.71. The summed E-state index contributed by atoms with van der Waals surface area (Å²) in [5, 5.41) is 0. The minimum atomic E-state index is 0.123. The molecule has 0 N–H and O–H groups in total. The SMILES string of the molecule is CC(=O)Cc1ccc(OCC2CN(C(C)C)CCO2)cc1. The van der Waals surface area contributed by atoms with Gasteiger partial charge < -0.3 is 9.47 Å². The molecule has 0 amide bonds. The summed E-state index contributed by atoms with van der Waals surface area (Å²) in [6, 6.07) is 8.27. The van der Waals surface area contributed by atoms with Crippen molar-refractivity contribution in [3.05, 3.63) is 29.8 Å². The third-order valence-corrected chi connectivity index (χ3v) is 3.71. The first-order chi connectivity index (χ1) is 10.0. The molecule has 0 spiro atoms. The van der Waals surface area contributed by atoms with Gasteiger partial charge in [-0.1, -0.05) is 12.1 Å². The predicted molar refractivity (Wildman–Crippen MR) is 82.8 cm³/mol. The molecule has 0 bridgehead atoms. The molecule has 1 atom stereocenters. The molecule has 4 heteroatoms. The van der Waals surface area contributed by atoms with Crippen LogP contribution in [-0.4, -0.2) is 49.1 Å². The first kappa shape index (κ1) is 16.0. The zero-order valence-electron chi connectivity index (χ0n) is 13.2. The van der Waals surface area contributed by atoms with E-state index in [1.54, 1.807) is 6.92 Å². The van der Waals surface area contributed by atoms with E-state index in [4.69, 9.17) is 9.47 Å². The highest BCUT2D eigenvalue weighted by molar-refractivity contribution is 5.78. The maximum absolute atomic E-state index is 11.1. The number of nitrogens with zero attached hydrogens (tertiary/aromatic N) is 1. The highest BCUT2D eigenvalue weighted by Crippen LogP contribution is 2.15. The van der Waals surface area contributed by atoms with Crippen molar-refractivity contribution in [1.29, 1.82) is 0 Å². The number of carbonyl (C=O) groups is 1. The second kappa shape index (κ2) is 7.57. The van der Waals surface area contributed by atoms with Crippen LogP contribution < -0.4 is 4.74 Å². The van der Waals surface area contributed by atoms with Gasteiger partial charge in [0.2, 0.25) is 0 Å². The summed E-state index contributed by atoms with van der Waals surface area (Å²) in [6.45, 7) is 9.26. The van der Waals surface area contributed by atoms with Gasteiger partial charge in [-0.3, -0.25) is 9.69 Å². The number of benzene rings is 1. The van der Waals surface area contributed by atoms with Gasteiger partial charge in [0, 0.05) is 25.6 Å². The molecule has 2 rings (SSSR count). The summed E-state index contributed by atoms with van der Waals surface area (Å²) in [6.07, 6.45) is 0.605. The molecule has 1 fully saturated rings. The molecular formula is C17H25NO3. The van der Waals surface area contributed by atoms with Crippen molar-refractivity contribution in [3.8, 4) is 5.75 Å². The van der Waals surface area contributed by atoms with Crippen LogP contribution in [0.2, 0.25) is 0 Å². The van der Waals surface area contributed by atoms with Gasteiger partial charge in [0.1, 0.15) is 24.2 Å². The number of ether oxygens (including phenoxy) is 2. The normalized spacial score (nSPS) is 19.7. The Kier molecular flexibility index (Phi) is 5.76. The van der Waals surface area contributed by atoms with E-state index in [-0.39, 0.29) is 11.9 Å². The summed E-state index contributed by atoms with van der Waals surface area (Å²) >= 11 is 0. The van der Waals surface area contributed by atoms with E-state index in [2.05, 4.69) is 18.7 Å². The monoisotopic (exact) mass is 291 g/mol. The van der Waals surface area contributed by atoms with Crippen LogP contribution in [-0.2, 0) is 16.0 Å². The average Bonchev–Trinajstić information content (AvgIpc) is 2.46. The maximum atomic E-state index is 11.1. The largest absolute Gasteiger partial charge is 0.491 e. The Bertz CT molecular complexity index is 456. The van der Waals surface area contributed by atoms with Gasteiger partial charge in [0.05, 0.1) is 6.61 Å². The summed E-state index contributed by atoms with van der Waals surface area (Å²) in [7, 11) is 0. The minimum absolute atomic E-state index is 0.123. The Balaban J connectivity index is 1.81. The van der Waals surface area contributed by atoms with E-state index in [1.165, 1.54) is 0 Å². The number of hydrogen-bond donors (Lipinski definition) is 0. The molecule has 0 aromatic heterocycles. The van der Waals surface area contributed by atoms with Crippen molar-refractivity contribution in [2.45, 2.75) is 39.3 Å². The highest BCUT2D eigenvalue weighted by atomic mass is 16.5. The number of morpholine rings is 1. The highest BCUT2D eigenvalue weighted by Gasteiger charge is 2.22. The fourth-order valence-electron chi connectivity index (χ4n) is 2.49. The van der Waals surface area contributed by atoms with Crippen LogP contribution in [0.4, 0.5) is 0 Å². The summed E-state index contributed by atoms with van der Waals surface area (Å²) in [5.41, 5.74) is 1.02. The van der Waals surface area contributed by atoms with Crippen LogP contribution in [0, 0.1) is 0 Å². The number of ketones is 1. The van der Waals surface area contributed by atoms with E-state index >= 15 is 0 Å². The van der Waals surface area contributed by atoms with Gasteiger partial charge in [0.15, 0.2) is 0 Å². The molecule has 0 saturated carbocycles. The molecule has 1 unspecified atom stereocenters. The molecule has 116 valence electrons. The van der Waals surface area contributed by atoms with Crippen molar-refractivity contribution >= 4 is 5.78 Å². The number of rotatable bonds is 6. The smallest absolute Gasteiger partial charge is 0.134 e. The van der Waals surface area contributed by atoms with Crippen LogP contribution in [0.3, 0.4) is 0 Å². The Morgan fingerprint density at radius 3 is 2.71 bits per heavy atom. The molecule has 1 saturated heterocycles. The zero-order chi connectivity index (χ0) is 15.2. The molecule has 1 heterocycles. The summed E-state index contributed by atoms with van der Waals surface area (Å²) in [5.74, 6) is 1.00. The Morgan fingerprint density at radius 1 is 1.38 bits per heavy atom. The van der Waals surface area contributed by atoms with Crippen molar-refractivity contribution < 1.29 is 14.3 Å². The average molecular weight is 291 g/mol. The van der Waals surface area contributed by atoms with Crippen molar-refractivity contribution in [1.82, 2.24) is 4.90 Å². The fraction of sp³-hybridized carbons (Fsp3) is 0.588. The molecule has 0 aliphatic carbocycles. The van der Waals surface area contributed by atoms with Crippen molar-refractivity contribution in [2.24, 2.45) is 0 Å². The van der Waals surface area contributed by atoms with Crippen molar-refractivity contribution in [2.75, 3.05) is 26.3 Å². The fourth-order valence-corrected chi connectivity index (χ4v) is 2.49. The number of carbonyl (C=O) groups excluding carboxylic acids is 1. The van der Waals surface area contributed by atoms with E-state index in [0.29, 0.717) is 19.1 Å². The Hall–Kier alpha value is -1.39. The molecule has 1 aromatic carbocycles. The standard InChI is InChI=1S/C17H25NO3/c1-13(2)18-8-9-20-17(11-18)12-21-16-6-4-15(5-7-16)10-14(3)19/h4-7,13,17H,8-12H2,1-3H3. The molecule has 1 aliphatic rings. The number of hydrogen-bond acceptors (Lipinski definition) is 4. The van der Waals surface area contributed by atoms with Gasteiger partial charge >= 0.3 is 0 Å². The third kappa shape index (κ3) is 5.14. The second-order valence-electron chi connectivity index (χ2n) is 5.92. The molecule has 1 aromatic rings. The molecule has 0 radical (unpaired) electrons. The van der Waals surface area contributed by atoms with Crippen LogP contribution in [0.5, 0.6) is 5.75 Å². The first-order valence-electron chi connectivity index (χ1n) is 7.61. The van der Waals surface area contributed by atoms with Crippen LogP contribution in [0.1, 0.15) is 26.3 Å². The topological polar surface area (TPSA) is 38.8 Å². The van der Waals surface area contributed by atoms with E-state index in [0.717, 1.165) is 31.0 Å². The van der Waals surface area contributed by atoms with E-state index in [1.807, 2.05) is 24.3 Å². The lowest BCUT2D eigenvalue weighted by Gasteiger charge is -2.35. The van der Waals surface area contributed by atoms with E-state index < -0.39 is 0 Å². The van der Waals surface area contributed by atoms with Crippen LogP contribution in [0.25, 0.3) is 0 Å². The van der Waals surface area contributed by atoms with Gasteiger partial charge in [-0.2, -0.15) is 0 Å². The summed E-state index contributed by atoms with van der Waals surface area (Å²) < 4.78 is 11.5. The lowest BCUT2D eigenvalue weighted by atomic mass is 10.1. The van der Waals surface area contributed by atoms with Gasteiger partial charge in [-0.05, 0) is 38.5 Å². The molecule has 21 heavy (non-hydrogen) atoms. The van der Waals surface area contributed by atoms with Crippen LogP contribution in [0.15, 0.2) is 24.3 Å². The predicted octanol–water partition coefficient (Wildman–Crippen LogP) is 2.31. The zero-order valence-corrected chi connectivity index (χ0v) is 13.2. The van der Waals surface area contributed by atoms with Crippen molar-refractivity contribution in [3.63, 3.8) is 0 Å². The molecule has 1 aliphatic heterocycles. The van der Waals surface area contributed by atoms with E-state index in [9.17, 15) is 4.79 Å². The Labute approximate surface area is 127 Å². The Morgan fingerprint density at radius 2 is 2.10 bits per heavy atom. The maximum Gasteiger partial charge on any atom is 0.134 e. The summed E-state index contributed by atoms with van der Waals surface area (Å²) in [4.78, 5) is 13.5. The lowest BCUT2D eigenvalue weighted by Crippen LogP contribution is -2.47. The lowest BCUT2D eigenvalue weighted by molar-refractivity contribution is -0.116. The minimum Gasteiger partial charge on any atom is -0.491 e.